The van der Waals surface area contributed by atoms with E-state index < -0.39 is 0 Å². The summed E-state index contributed by atoms with van der Waals surface area (Å²) < 4.78 is 2.06. The predicted molar refractivity (Wildman–Crippen MR) is 83.8 cm³/mol. The molecule has 0 aromatic carbocycles. The highest BCUT2D eigenvalue weighted by Gasteiger charge is 2.18. The molecule has 0 spiro atoms. The Balaban J connectivity index is 1.90. The van der Waals surface area contributed by atoms with E-state index in [4.69, 9.17) is 0 Å². The third-order valence-corrected chi connectivity index (χ3v) is 4.06. The molecule has 1 aliphatic rings. The van der Waals surface area contributed by atoms with E-state index in [1.165, 1.54) is 50.9 Å². The predicted octanol–water partition coefficient (Wildman–Crippen LogP) is 2.82. The number of nitrogens with one attached hydrogen (secondary N) is 1. The normalized spacial score (nSPS) is 19.4. The van der Waals surface area contributed by atoms with Crippen molar-refractivity contribution in [3.63, 3.8) is 0 Å². The summed E-state index contributed by atoms with van der Waals surface area (Å²) >= 11 is 0. The van der Waals surface area contributed by atoms with Crippen LogP contribution in [0.15, 0.2) is 12.4 Å². The Labute approximate surface area is 123 Å². The quantitative estimate of drug-likeness (QED) is 0.794. The second kappa shape index (κ2) is 7.79. The van der Waals surface area contributed by atoms with Crippen molar-refractivity contribution in [3.8, 4) is 0 Å². The number of hydrogen-bond acceptors (Lipinski definition) is 3. The monoisotopic (exact) mass is 278 g/mol. The summed E-state index contributed by atoms with van der Waals surface area (Å²) in [6.07, 6.45) is 9.43. The molecule has 1 aromatic rings. The minimum atomic E-state index is 0.448. The summed E-state index contributed by atoms with van der Waals surface area (Å²) in [6, 6.07) is 1.14. The Morgan fingerprint density at radius 1 is 1.50 bits per heavy atom. The molecule has 1 fully saturated rings. The molecule has 114 valence electrons. The minimum absolute atomic E-state index is 0.448. The summed E-state index contributed by atoms with van der Waals surface area (Å²) in [4.78, 5) is 2.59. The number of hydrogen-bond donors (Lipinski definition) is 1. The average Bonchev–Trinajstić information content (AvgIpc) is 3.07. The van der Waals surface area contributed by atoms with Gasteiger partial charge in [0.2, 0.25) is 0 Å². The van der Waals surface area contributed by atoms with E-state index in [0.29, 0.717) is 12.1 Å². The first-order valence-corrected chi connectivity index (χ1v) is 8.17. The smallest absolute Gasteiger partial charge is 0.0534 e. The molecule has 0 amide bonds. The lowest BCUT2D eigenvalue weighted by molar-refractivity contribution is 0.237. The van der Waals surface area contributed by atoms with Crippen LogP contribution in [0.25, 0.3) is 0 Å². The number of unbranched alkanes of at least 4 members (excludes halogenated alkanes) is 1. The zero-order valence-corrected chi connectivity index (χ0v) is 13.3. The van der Waals surface area contributed by atoms with Gasteiger partial charge in [0.25, 0.3) is 0 Å². The zero-order chi connectivity index (χ0) is 14.4. The highest BCUT2D eigenvalue weighted by molar-refractivity contribution is 5.04. The van der Waals surface area contributed by atoms with Gasteiger partial charge in [-0.05, 0) is 46.2 Å². The molecule has 1 unspecified atom stereocenters. The summed E-state index contributed by atoms with van der Waals surface area (Å²) in [7, 11) is 0. The molecule has 0 bridgehead atoms. The molecule has 4 nitrogen and oxygen atoms in total. The van der Waals surface area contributed by atoms with Gasteiger partial charge in [-0.25, -0.2) is 0 Å². The van der Waals surface area contributed by atoms with Crippen LogP contribution in [-0.2, 0) is 6.54 Å². The fraction of sp³-hybridized carbons (Fsp3) is 0.812. The van der Waals surface area contributed by atoms with E-state index in [-0.39, 0.29) is 0 Å². The second-order valence-corrected chi connectivity index (χ2v) is 6.30. The summed E-state index contributed by atoms with van der Waals surface area (Å²) in [5, 5.41) is 8.07. The van der Waals surface area contributed by atoms with Gasteiger partial charge in [-0.3, -0.25) is 9.58 Å². The molecule has 1 atom stereocenters. The molecule has 1 saturated heterocycles. The van der Waals surface area contributed by atoms with E-state index in [2.05, 4.69) is 47.0 Å². The van der Waals surface area contributed by atoms with Gasteiger partial charge >= 0.3 is 0 Å². The van der Waals surface area contributed by atoms with Crippen LogP contribution in [0.1, 0.15) is 58.1 Å². The summed E-state index contributed by atoms with van der Waals surface area (Å²) in [5.74, 6) is 0. The Morgan fingerprint density at radius 2 is 2.35 bits per heavy atom. The van der Waals surface area contributed by atoms with Crippen molar-refractivity contribution in [2.75, 3.05) is 19.6 Å². The molecule has 20 heavy (non-hydrogen) atoms. The van der Waals surface area contributed by atoms with Gasteiger partial charge < -0.3 is 5.32 Å². The Morgan fingerprint density at radius 3 is 2.95 bits per heavy atom. The lowest BCUT2D eigenvalue weighted by Crippen LogP contribution is -2.37. The maximum atomic E-state index is 4.46. The third kappa shape index (κ3) is 4.60. The number of aromatic nitrogens is 2. The molecular weight excluding hydrogens is 248 g/mol. The summed E-state index contributed by atoms with van der Waals surface area (Å²) in [6.45, 7) is 11.2. The number of nitrogens with zero attached hydrogens (tertiary/aromatic N) is 3. The van der Waals surface area contributed by atoms with Crippen molar-refractivity contribution in [2.24, 2.45) is 0 Å². The molecule has 1 N–H and O–H groups in total. The first kappa shape index (κ1) is 15.5. The van der Waals surface area contributed by atoms with Gasteiger partial charge in [0.05, 0.1) is 6.20 Å². The van der Waals surface area contributed by atoms with Crippen LogP contribution in [-0.4, -0.2) is 40.4 Å². The van der Waals surface area contributed by atoms with Crippen LogP contribution in [0.2, 0.25) is 0 Å². The van der Waals surface area contributed by atoms with Gasteiger partial charge in [-0.2, -0.15) is 5.10 Å². The minimum Gasteiger partial charge on any atom is -0.313 e. The SMILES string of the molecule is CCCCN(Cc1cnn(C(C)C)c1)CC1CCCN1. The second-order valence-electron chi connectivity index (χ2n) is 6.30. The molecule has 2 rings (SSSR count). The highest BCUT2D eigenvalue weighted by Crippen LogP contribution is 2.12. The molecule has 4 heteroatoms. The standard InChI is InChI=1S/C16H30N4/c1-4-5-9-19(13-16-7-6-8-17-16)11-15-10-18-20(12-15)14(2)3/h10,12,14,16-17H,4-9,11,13H2,1-3H3. The Bertz CT molecular complexity index is 380. The molecule has 1 aromatic heterocycles. The highest BCUT2D eigenvalue weighted by atomic mass is 15.3. The third-order valence-electron chi connectivity index (χ3n) is 4.06. The topological polar surface area (TPSA) is 33.1 Å². The lowest BCUT2D eigenvalue weighted by Gasteiger charge is -2.25. The molecule has 0 saturated carbocycles. The maximum absolute atomic E-state index is 4.46. The molecule has 1 aliphatic heterocycles. The van der Waals surface area contributed by atoms with E-state index in [1.54, 1.807) is 0 Å². The fourth-order valence-corrected chi connectivity index (χ4v) is 2.84. The van der Waals surface area contributed by atoms with Crippen molar-refractivity contribution in [1.82, 2.24) is 20.0 Å². The van der Waals surface area contributed by atoms with Gasteiger partial charge in [0.1, 0.15) is 0 Å². The van der Waals surface area contributed by atoms with E-state index in [1.807, 2.05) is 6.20 Å². The van der Waals surface area contributed by atoms with Gasteiger partial charge in [0, 0.05) is 36.9 Å². The van der Waals surface area contributed by atoms with Crippen LogP contribution in [0.5, 0.6) is 0 Å². The average molecular weight is 278 g/mol. The van der Waals surface area contributed by atoms with E-state index in [0.717, 1.165) is 6.54 Å². The summed E-state index contributed by atoms with van der Waals surface area (Å²) in [5.41, 5.74) is 1.34. The fourth-order valence-electron chi connectivity index (χ4n) is 2.84. The van der Waals surface area contributed by atoms with Crippen molar-refractivity contribution in [3.05, 3.63) is 18.0 Å². The van der Waals surface area contributed by atoms with Crippen molar-refractivity contribution >= 4 is 0 Å². The molecule has 0 radical (unpaired) electrons. The maximum Gasteiger partial charge on any atom is 0.0534 e. The Hall–Kier alpha value is -0.870. The van der Waals surface area contributed by atoms with Crippen molar-refractivity contribution in [1.29, 1.82) is 0 Å². The van der Waals surface area contributed by atoms with Crippen LogP contribution in [0.4, 0.5) is 0 Å². The van der Waals surface area contributed by atoms with Crippen molar-refractivity contribution in [2.45, 2.75) is 65.1 Å². The van der Waals surface area contributed by atoms with Crippen LogP contribution >= 0.6 is 0 Å². The molecular formula is C16H30N4. The first-order valence-electron chi connectivity index (χ1n) is 8.17. The van der Waals surface area contributed by atoms with Crippen LogP contribution < -0.4 is 5.32 Å². The lowest BCUT2D eigenvalue weighted by atomic mass is 10.2. The van der Waals surface area contributed by atoms with Gasteiger partial charge in [-0.1, -0.05) is 13.3 Å². The number of rotatable bonds is 8. The largest absolute Gasteiger partial charge is 0.313 e. The first-order chi connectivity index (χ1) is 9.69. The van der Waals surface area contributed by atoms with E-state index >= 15 is 0 Å². The molecule has 0 aliphatic carbocycles. The molecule has 2 heterocycles. The van der Waals surface area contributed by atoms with Gasteiger partial charge in [0.15, 0.2) is 0 Å². The Kier molecular flexibility index (Phi) is 6.05. The van der Waals surface area contributed by atoms with Crippen LogP contribution in [0.3, 0.4) is 0 Å². The zero-order valence-electron chi connectivity index (χ0n) is 13.3. The van der Waals surface area contributed by atoms with E-state index in [9.17, 15) is 0 Å². The van der Waals surface area contributed by atoms with Crippen LogP contribution in [0, 0.1) is 0 Å². The van der Waals surface area contributed by atoms with Crippen molar-refractivity contribution < 1.29 is 0 Å². The van der Waals surface area contributed by atoms with Gasteiger partial charge in [-0.15, -0.1) is 0 Å².